The van der Waals surface area contributed by atoms with E-state index in [9.17, 15) is 0 Å². The van der Waals surface area contributed by atoms with Crippen LogP contribution in [0, 0.1) is 11.8 Å². The third-order valence-electron chi connectivity index (χ3n) is 3.14. The predicted molar refractivity (Wildman–Crippen MR) is 63.4 cm³/mol. The fourth-order valence-corrected chi connectivity index (χ4v) is 1.71. The van der Waals surface area contributed by atoms with E-state index in [0.29, 0.717) is 11.8 Å². The van der Waals surface area contributed by atoms with Crippen LogP contribution in [0.4, 0.5) is 0 Å². The molecule has 0 saturated carbocycles. The summed E-state index contributed by atoms with van der Waals surface area (Å²) in [6.07, 6.45) is 2.94. The van der Waals surface area contributed by atoms with E-state index in [1.54, 1.807) is 0 Å². The predicted octanol–water partition coefficient (Wildman–Crippen LogP) is 2.59. The fourth-order valence-electron chi connectivity index (χ4n) is 1.71. The molecular weight excluding hydrogens is 186 g/mol. The second-order valence-electron chi connectivity index (χ2n) is 4.61. The van der Waals surface area contributed by atoms with Gasteiger partial charge in [0, 0.05) is 18.8 Å². The van der Waals surface area contributed by atoms with E-state index in [4.69, 9.17) is 5.73 Å². The lowest BCUT2D eigenvalue weighted by Crippen LogP contribution is -2.26. The van der Waals surface area contributed by atoms with Crippen LogP contribution >= 0.6 is 0 Å². The molecule has 1 rings (SSSR count). The average Bonchev–Trinajstić information content (AvgIpc) is 2.64. The van der Waals surface area contributed by atoms with Crippen molar-refractivity contribution in [1.82, 2.24) is 9.78 Å². The van der Waals surface area contributed by atoms with Crippen molar-refractivity contribution in [3.8, 4) is 0 Å². The number of nitrogens with zero attached hydrogens (tertiary/aromatic N) is 2. The molecule has 0 aliphatic heterocycles. The number of aromatic nitrogens is 2. The van der Waals surface area contributed by atoms with Crippen LogP contribution in [0.25, 0.3) is 0 Å². The molecule has 2 atom stereocenters. The quantitative estimate of drug-likeness (QED) is 0.810. The molecule has 3 nitrogen and oxygen atoms in total. The summed E-state index contributed by atoms with van der Waals surface area (Å²) in [4.78, 5) is 0. The molecule has 0 aliphatic rings. The maximum absolute atomic E-state index is 6.25. The second-order valence-corrected chi connectivity index (χ2v) is 4.61. The molecule has 2 unspecified atom stereocenters. The Bertz CT molecular complexity index is 291. The third-order valence-corrected chi connectivity index (χ3v) is 3.14. The Morgan fingerprint density at radius 3 is 2.60 bits per heavy atom. The zero-order valence-corrected chi connectivity index (χ0v) is 10.3. The highest BCUT2D eigenvalue weighted by Crippen LogP contribution is 2.25. The van der Waals surface area contributed by atoms with Gasteiger partial charge >= 0.3 is 0 Å². The molecule has 0 amide bonds. The van der Waals surface area contributed by atoms with Crippen molar-refractivity contribution in [1.29, 1.82) is 0 Å². The van der Waals surface area contributed by atoms with Crippen LogP contribution in [0.1, 0.15) is 45.9 Å². The van der Waals surface area contributed by atoms with Gasteiger partial charge < -0.3 is 5.73 Å². The Morgan fingerprint density at radius 1 is 1.40 bits per heavy atom. The lowest BCUT2D eigenvalue weighted by atomic mass is 9.89. The maximum atomic E-state index is 6.25. The van der Waals surface area contributed by atoms with Crippen LogP contribution in [0.3, 0.4) is 0 Å². The largest absolute Gasteiger partial charge is 0.322 e. The van der Waals surface area contributed by atoms with Gasteiger partial charge in [-0.25, -0.2) is 0 Å². The molecule has 1 aromatic rings. The van der Waals surface area contributed by atoms with Crippen molar-refractivity contribution in [2.24, 2.45) is 17.6 Å². The summed E-state index contributed by atoms with van der Waals surface area (Å²) in [5.74, 6) is 1.09. The summed E-state index contributed by atoms with van der Waals surface area (Å²) in [7, 11) is 0. The van der Waals surface area contributed by atoms with Gasteiger partial charge in [0.2, 0.25) is 0 Å². The van der Waals surface area contributed by atoms with Crippen LogP contribution in [0.5, 0.6) is 0 Å². The van der Waals surface area contributed by atoms with E-state index in [2.05, 4.69) is 32.8 Å². The van der Waals surface area contributed by atoms with E-state index < -0.39 is 0 Å². The molecule has 2 N–H and O–H groups in total. The summed E-state index contributed by atoms with van der Waals surface area (Å²) in [6, 6.07) is 2.14. The number of aryl methyl sites for hydroxylation is 1. The van der Waals surface area contributed by atoms with Crippen molar-refractivity contribution in [3.63, 3.8) is 0 Å². The molecule has 0 spiro atoms. The molecule has 1 heterocycles. The minimum atomic E-state index is 0.0963. The van der Waals surface area contributed by atoms with Crippen molar-refractivity contribution >= 4 is 0 Å². The first-order chi connectivity index (χ1) is 7.07. The molecule has 0 aliphatic carbocycles. The van der Waals surface area contributed by atoms with Gasteiger partial charge in [0.15, 0.2) is 0 Å². The highest BCUT2D eigenvalue weighted by molar-refractivity contribution is 5.07. The van der Waals surface area contributed by atoms with Gasteiger partial charge in [0.25, 0.3) is 0 Å². The highest BCUT2D eigenvalue weighted by atomic mass is 15.3. The monoisotopic (exact) mass is 209 g/mol. The van der Waals surface area contributed by atoms with Gasteiger partial charge in [0.1, 0.15) is 0 Å². The number of hydrogen-bond donors (Lipinski definition) is 1. The van der Waals surface area contributed by atoms with E-state index in [0.717, 1.165) is 18.7 Å². The first kappa shape index (κ1) is 12.2. The lowest BCUT2D eigenvalue weighted by molar-refractivity contribution is 0.336. The number of rotatable bonds is 5. The van der Waals surface area contributed by atoms with Gasteiger partial charge in [0.05, 0.1) is 5.69 Å². The molecule has 0 aromatic carbocycles. The van der Waals surface area contributed by atoms with E-state index in [-0.39, 0.29) is 6.04 Å². The Labute approximate surface area is 92.7 Å². The van der Waals surface area contributed by atoms with E-state index in [1.807, 2.05) is 16.9 Å². The van der Waals surface area contributed by atoms with Gasteiger partial charge in [-0.05, 0) is 24.3 Å². The molecule has 15 heavy (non-hydrogen) atoms. The molecule has 86 valence electrons. The molecular formula is C12H23N3. The molecule has 3 heteroatoms. The Hall–Kier alpha value is -0.830. The van der Waals surface area contributed by atoms with Crippen LogP contribution in [0.2, 0.25) is 0 Å². The zero-order chi connectivity index (χ0) is 11.4. The van der Waals surface area contributed by atoms with Crippen LogP contribution < -0.4 is 5.73 Å². The maximum Gasteiger partial charge on any atom is 0.0554 e. The Balaban J connectivity index is 2.80. The van der Waals surface area contributed by atoms with Crippen molar-refractivity contribution in [3.05, 3.63) is 18.0 Å². The number of nitrogens with two attached hydrogens (primary N) is 1. The third kappa shape index (κ3) is 2.81. The summed E-state index contributed by atoms with van der Waals surface area (Å²) in [5.41, 5.74) is 7.42. The van der Waals surface area contributed by atoms with Crippen LogP contribution in [-0.2, 0) is 6.54 Å². The molecule has 1 aromatic heterocycles. The smallest absolute Gasteiger partial charge is 0.0554 e. The molecule has 0 fully saturated rings. The fraction of sp³-hybridized carbons (Fsp3) is 0.750. The van der Waals surface area contributed by atoms with Crippen molar-refractivity contribution in [2.75, 3.05) is 0 Å². The first-order valence-corrected chi connectivity index (χ1v) is 5.85. The summed E-state index contributed by atoms with van der Waals surface area (Å²) >= 11 is 0. The highest BCUT2D eigenvalue weighted by Gasteiger charge is 2.20. The standard InChI is InChI=1S/C12H23N3/c1-5-8-15-11(6-7-14-15)12(13)10(4)9(2)3/h6-7,9-10,12H,5,8,13H2,1-4H3. The van der Waals surface area contributed by atoms with E-state index >= 15 is 0 Å². The zero-order valence-electron chi connectivity index (χ0n) is 10.3. The van der Waals surface area contributed by atoms with Crippen LogP contribution in [0.15, 0.2) is 12.3 Å². The summed E-state index contributed by atoms with van der Waals surface area (Å²) < 4.78 is 2.03. The van der Waals surface area contributed by atoms with Crippen molar-refractivity contribution in [2.45, 2.75) is 46.7 Å². The minimum Gasteiger partial charge on any atom is -0.322 e. The summed E-state index contributed by atoms with van der Waals surface area (Å²) in [5, 5.41) is 4.31. The van der Waals surface area contributed by atoms with Crippen molar-refractivity contribution < 1.29 is 0 Å². The Morgan fingerprint density at radius 2 is 2.07 bits per heavy atom. The summed E-state index contributed by atoms with van der Waals surface area (Å²) in [6.45, 7) is 9.75. The lowest BCUT2D eigenvalue weighted by Gasteiger charge is -2.24. The molecule has 0 saturated heterocycles. The van der Waals surface area contributed by atoms with Gasteiger partial charge in [-0.15, -0.1) is 0 Å². The van der Waals surface area contributed by atoms with Gasteiger partial charge in [-0.3, -0.25) is 4.68 Å². The first-order valence-electron chi connectivity index (χ1n) is 5.85. The molecule has 0 radical (unpaired) electrons. The second kappa shape index (κ2) is 5.31. The Kier molecular flexibility index (Phi) is 4.33. The topological polar surface area (TPSA) is 43.8 Å². The number of hydrogen-bond acceptors (Lipinski definition) is 2. The van der Waals surface area contributed by atoms with E-state index in [1.165, 1.54) is 0 Å². The minimum absolute atomic E-state index is 0.0963. The average molecular weight is 209 g/mol. The van der Waals surface area contributed by atoms with Gasteiger partial charge in [-0.2, -0.15) is 5.10 Å². The normalized spacial score (nSPS) is 15.6. The molecule has 0 bridgehead atoms. The van der Waals surface area contributed by atoms with Gasteiger partial charge in [-0.1, -0.05) is 27.7 Å². The van der Waals surface area contributed by atoms with Crippen LogP contribution in [-0.4, -0.2) is 9.78 Å². The SMILES string of the molecule is CCCn1nccc1C(N)C(C)C(C)C.